The Hall–Kier alpha value is -2.77. The van der Waals surface area contributed by atoms with E-state index in [4.69, 9.17) is 12.2 Å². The first-order valence-corrected chi connectivity index (χ1v) is 10.4. The van der Waals surface area contributed by atoms with Gasteiger partial charge in [0.15, 0.2) is 5.11 Å². The fraction of sp³-hybridized carbons (Fsp3) is 0.190. The Kier molecular flexibility index (Phi) is 5.64. The Labute approximate surface area is 173 Å². The molecule has 0 unspecified atom stereocenters. The van der Waals surface area contributed by atoms with E-state index in [2.05, 4.69) is 32.0 Å². The van der Waals surface area contributed by atoms with E-state index in [1.807, 2.05) is 54.6 Å². The van der Waals surface area contributed by atoms with Crippen molar-refractivity contribution in [3.8, 4) is 0 Å². The zero-order valence-electron chi connectivity index (χ0n) is 15.1. The van der Waals surface area contributed by atoms with E-state index in [1.54, 1.807) is 17.5 Å². The zero-order chi connectivity index (χ0) is 19.3. The van der Waals surface area contributed by atoms with E-state index in [0.717, 1.165) is 11.4 Å². The molecule has 1 fully saturated rings. The van der Waals surface area contributed by atoms with Crippen molar-refractivity contribution in [2.75, 3.05) is 11.9 Å². The van der Waals surface area contributed by atoms with Gasteiger partial charge in [0.05, 0.1) is 17.8 Å². The average molecular weight is 409 g/mol. The zero-order valence-corrected chi connectivity index (χ0v) is 16.7. The first-order valence-electron chi connectivity index (χ1n) is 9.09. The Morgan fingerprint density at radius 1 is 1.14 bits per heavy atom. The lowest BCUT2D eigenvalue weighted by atomic mass is 10.0. The van der Waals surface area contributed by atoms with Gasteiger partial charge in [-0.25, -0.2) is 0 Å². The van der Waals surface area contributed by atoms with Crippen LogP contribution >= 0.6 is 23.6 Å². The average Bonchev–Trinajstić information content (AvgIpc) is 3.35. The number of carbonyl (C=O) groups is 1. The van der Waals surface area contributed by atoms with Crippen molar-refractivity contribution >= 4 is 40.3 Å². The summed E-state index contributed by atoms with van der Waals surface area (Å²) in [5.74, 6) is -0.0276. The fourth-order valence-electron chi connectivity index (χ4n) is 3.38. The maximum atomic E-state index is 12.4. The van der Waals surface area contributed by atoms with Crippen molar-refractivity contribution in [2.45, 2.75) is 18.5 Å². The molecule has 0 spiro atoms. The number of pyridine rings is 1. The van der Waals surface area contributed by atoms with Crippen LogP contribution in [0.1, 0.15) is 29.1 Å². The summed E-state index contributed by atoms with van der Waals surface area (Å²) in [7, 11) is 0. The van der Waals surface area contributed by atoms with Gasteiger partial charge in [-0.05, 0) is 47.9 Å². The molecule has 2 atom stereocenters. The second-order valence-corrected chi connectivity index (χ2v) is 7.87. The molecule has 0 bridgehead atoms. The van der Waals surface area contributed by atoms with Crippen molar-refractivity contribution in [1.29, 1.82) is 0 Å². The lowest BCUT2D eigenvalue weighted by molar-refractivity contribution is -0.116. The first-order chi connectivity index (χ1) is 13.7. The highest BCUT2D eigenvalue weighted by Crippen LogP contribution is 2.40. The van der Waals surface area contributed by atoms with Crippen LogP contribution in [0.3, 0.4) is 0 Å². The van der Waals surface area contributed by atoms with Crippen LogP contribution in [0.5, 0.6) is 0 Å². The number of anilines is 1. The van der Waals surface area contributed by atoms with Gasteiger partial charge in [0, 0.05) is 29.7 Å². The molecule has 142 valence electrons. The largest absolute Gasteiger partial charge is 0.352 e. The highest BCUT2D eigenvalue weighted by atomic mass is 32.1. The van der Waals surface area contributed by atoms with Gasteiger partial charge in [-0.2, -0.15) is 0 Å². The molecular weight excluding hydrogens is 388 g/mol. The van der Waals surface area contributed by atoms with Crippen LogP contribution in [0, 0.1) is 0 Å². The molecule has 0 radical (unpaired) electrons. The van der Waals surface area contributed by atoms with E-state index in [1.165, 1.54) is 4.88 Å². The highest BCUT2D eigenvalue weighted by Gasteiger charge is 2.40. The summed E-state index contributed by atoms with van der Waals surface area (Å²) < 4.78 is 0. The van der Waals surface area contributed by atoms with Crippen molar-refractivity contribution < 1.29 is 4.79 Å². The van der Waals surface area contributed by atoms with Crippen molar-refractivity contribution in [1.82, 2.24) is 15.2 Å². The maximum Gasteiger partial charge on any atom is 0.226 e. The minimum atomic E-state index is -0.0375. The van der Waals surface area contributed by atoms with Gasteiger partial charge in [0.2, 0.25) is 5.91 Å². The molecule has 1 aromatic carbocycles. The molecule has 5 nitrogen and oxygen atoms in total. The number of nitrogens with zero attached hydrogens (tertiary/aromatic N) is 2. The smallest absolute Gasteiger partial charge is 0.226 e. The van der Waals surface area contributed by atoms with Gasteiger partial charge in [-0.3, -0.25) is 9.78 Å². The summed E-state index contributed by atoms with van der Waals surface area (Å²) in [6.45, 7) is 0.538. The number of thiocarbonyl (C=S) groups is 1. The number of carbonyl (C=O) groups excluding carboxylic acids is 1. The number of rotatable bonds is 6. The summed E-state index contributed by atoms with van der Waals surface area (Å²) in [6.07, 6.45) is 2.15. The second kappa shape index (κ2) is 8.50. The Morgan fingerprint density at radius 3 is 2.68 bits per heavy atom. The molecule has 0 aliphatic carbocycles. The van der Waals surface area contributed by atoms with Crippen LogP contribution in [0.2, 0.25) is 0 Å². The summed E-state index contributed by atoms with van der Waals surface area (Å²) in [5, 5.41) is 9.05. The van der Waals surface area contributed by atoms with Crippen LogP contribution in [0.4, 0.5) is 5.69 Å². The number of thiophene rings is 1. The summed E-state index contributed by atoms with van der Waals surface area (Å²) >= 11 is 7.30. The second-order valence-electron chi connectivity index (χ2n) is 6.50. The Morgan fingerprint density at radius 2 is 1.96 bits per heavy atom. The van der Waals surface area contributed by atoms with Crippen molar-refractivity contribution in [3.63, 3.8) is 0 Å². The summed E-state index contributed by atoms with van der Waals surface area (Å²) in [5.41, 5.74) is 1.75. The number of para-hydroxylation sites is 1. The lowest BCUT2D eigenvalue weighted by Crippen LogP contribution is -2.32. The monoisotopic (exact) mass is 408 g/mol. The van der Waals surface area contributed by atoms with Crippen LogP contribution in [-0.2, 0) is 4.79 Å². The van der Waals surface area contributed by atoms with E-state index in [0.29, 0.717) is 18.1 Å². The topological polar surface area (TPSA) is 57.3 Å². The van der Waals surface area contributed by atoms with E-state index >= 15 is 0 Å². The lowest BCUT2D eigenvalue weighted by Gasteiger charge is -2.26. The van der Waals surface area contributed by atoms with Crippen LogP contribution < -0.4 is 10.6 Å². The van der Waals surface area contributed by atoms with E-state index in [9.17, 15) is 4.79 Å². The molecular formula is C21H20N4OS2. The number of aromatic nitrogens is 1. The molecule has 3 aromatic rings. The van der Waals surface area contributed by atoms with E-state index in [-0.39, 0.29) is 18.0 Å². The number of benzene rings is 1. The Balaban J connectivity index is 1.50. The molecule has 1 saturated heterocycles. The van der Waals surface area contributed by atoms with Crippen LogP contribution in [0.15, 0.2) is 72.2 Å². The predicted molar refractivity (Wildman–Crippen MR) is 116 cm³/mol. The fourth-order valence-corrected chi connectivity index (χ4v) is 4.59. The van der Waals surface area contributed by atoms with Gasteiger partial charge in [-0.1, -0.05) is 30.3 Å². The van der Waals surface area contributed by atoms with Crippen LogP contribution in [-0.4, -0.2) is 27.4 Å². The number of amides is 1. The normalized spacial score (nSPS) is 18.7. The highest BCUT2D eigenvalue weighted by molar-refractivity contribution is 7.80. The predicted octanol–water partition coefficient (Wildman–Crippen LogP) is 4.14. The van der Waals surface area contributed by atoms with Gasteiger partial charge in [0.1, 0.15) is 0 Å². The van der Waals surface area contributed by atoms with E-state index < -0.39 is 0 Å². The van der Waals surface area contributed by atoms with Crippen LogP contribution in [0.25, 0.3) is 0 Å². The number of hydrogen-bond donors (Lipinski definition) is 2. The van der Waals surface area contributed by atoms with Gasteiger partial charge in [0.25, 0.3) is 0 Å². The number of nitrogens with one attached hydrogen (secondary N) is 2. The quantitative estimate of drug-likeness (QED) is 0.600. The number of hydrogen-bond acceptors (Lipinski definition) is 4. The van der Waals surface area contributed by atoms with Crippen molar-refractivity contribution in [3.05, 3.63) is 82.8 Å². The SMILES string of the molecule is O=C(CCN1C(=S)N[C@@H](c2ccccn2)[C@@H]1c1cccs1)Nc1ccccc1. The molecule has 1 amide bonds. The molecule has 2 aromatic heterocycles. The molecule has 1 aliphatic heterocycles. The molecule has 0 saturated carbocycles. The first kappa shape index (κ1) is 18.6. The molecule has 1 aliphatic rings. The third-order valence-electron chi connectivity index (χ3n) is 4.67. The Bertz CT molecular complexity index is 932. The van der Waals surface area contributed by atoms with Crippen molar-refractivity contribution in [2.24, 2.45) is 0 Å². The van der Waals surface area contributed by atoms with Gasteiger partial charge < -0.3 is 15.5 Å². The molecule has 7 heteroatoms. The minimum absolute atomic E-state index is 0.0203. The maximum absolute atomic E-state index is 12.4. The standard InChI is InChI=1S/C21H20N4OS2/c26-18(23-15-7-2-1-3-8-15)11-13-25-20(17-10-6-14-28-17)19(24-21(25)27)16-9-4-5-12-22-16/h1-10,12,14,19-20H,11,13H2,(H,23,26)(H,24,27)/t19-,20-/m0/s1. The summed E-state index contributed by atoms with van der Waals surface area (Å²) in [6, 6.07) is 19.5. The molecule has 2 N–H and O–H groups in total. The van der Waals surface area contributed by atoms with Gasteiger partial charge >= 0.3 is 0 Å². The third kappa shape index (κ3) is 4.05. The summed E-state index contributed by atoms with van der Waals surface area (Å²) in [4.78, 5) is 20.2. The molecule has 4 rings (SSSR count). The molecule has 3 heterocycles. The third-order valence-corrected chi connectivity index (χ3v) is 5.97. The van der Waals surface area contributed by atoms with Gasteiger partial charge in [-0.15, -0.1) is 11.3 Å². The molecule has 28 heavy (non-hydrogen) atoms. The minimum Gasteiger partial charge on any atom is -0.352 e.